The van der Waals surface area contributed by atoms with Crippen LogP contribution in [-0.4, -0.2) is 61.7 Å². The first-order chi connectivity index (χ1) is 14.8. The predicted molar refractivity (Wildman–Crippen MR) is 111 cm³/mol. The van der Waals surface area contributed by atoms with Crippen LogP contribution in [0.25, 0.3) is 0 Å². The topological polar surface area (TPSA) is 90.7 Å². The third-order valence-electron chi connectivity index (χ3n) is 5.26. The molecule has 170 valence electrons. The van der Waals surface area contributed by atoms with Crippen LogP contribution in [0.3, 0.4) is 0 Å². The van der Waals surface area contributed by atoms with Gasteiger partial charge < -0.3 is 18.9 Å². The van der Waals surface area contributed by atoms with E-state index in [2.05, 4.69) is 4.98 Å². The molecule has 2 aromatic rings. The number of hydrogen-bond donors (Lipinski definition) is 0. The molecule has 1 amide bonds. The van der Waals surface area contributed by atoms with Gasteiger partial charge >= 0.3 is 0 Å². The van der Waals surface area contributed by atoms with Gasteiger partial charge in [-0.15, -0.1) is 0 Å². The maximum Gasteiger partial charge on any atom is 0.228 e. The molecule has 1 fully saturated rings. The zero-order valence-electron chi connectivity index (χ0n) is 17.8. The molecule has 1 aromatic carbocycles. The Bertz CT molecular complexity index is 1000. The highest BCUT2D eigenvalue weighted by Crippen LogP contribution is 2.23. The highest BCUT2D eigenvalue weighted by Gasteiger charge is 2.28. The van der Waals surface area contributed by atoms with E-state index in [0.29, 0.717) is 32.0 Å². The van der Waals surface area contributed by atoms with Crippen LogP contribution >= 0.6 is 0 Å². The van der Waals surface area contributed by atoms with Gasteiger partial charge in [-0.1, -0.05) is 18.2 Å². The van der Waals surface area contributed by atoms with Crippen LogP contribution in [0.1, 0.15) is 31.0 Å². The maximum atomic E-state index is 14.1. The van der Waals surface area contributed by atoms with Gasteiger partial charge in [0, 0.05) is 32.7 Å². The lowest BCUT2D eigenvalue weighted by molar-refractivity contribution is -0.130. The molecule has 8 nitrogen and oxygen atoms in total. The minimum Gasteiger partial charge on any atom is -0.383 e. The van der Waals surface area contributed by atoms with Crippen molar-refractivity contribution in [3.05, 3.63) is 47.5 Å². The van der Waals surface area contributed by atoms with Crippen LogP contribution < -0.4 is 0 Å². The fourth-order valence-electron chi connectivity index (χ4n) is 3.58. The first-order valence-corrected chi connectivity index (χ1v) is 11.8. The predicted octanol–water partition coefficient (Wildman–Crippen LogP) is 2.17. The molecule has 1 atom stereocenters. The largest absolute Gasteiger partial charge is 0.383 e. The Morgan fingerprint density at radius 1 is 1.39 bits per heavy atom. The summed E-state index contributed by atoms with van der Waals surface area (Å²) >= 11 is 0. The van der Waals surface area contributed by atoms with Crippen LogP contribution in [-0.2, 0) is 42.9 Å². The summed E-state index contributed by atoms with van der Waals surface area (Å²) < 4.78 is 52.8. The number of hydrogen-bond acceptors (Lipinski definition) is 6. The molecule has 0 unspecified atom stereocenters. The summed E-state index contributed by atoms with van der Waals surface area (Å²) in [7, 11) is -2.38. The molecule has 3 rings (SSSR count). The molecule has 31 heavy (non-hydrogen) atoms. The van der Waals surface area contributed by atoms with Crippen molar-refractivity contribution in [2.24, 2.45) is 0 Å². The number of carbonyl (C=O) groups is 1. The number of methoxy groups -OCH3 is 1. The van der Waals surface area contributed by atoms with Crippen molar-refractivity contribution >= 4 is 15.7 Å². The lowest BCUT2D eigenvalue weighted by atomic mass is 10.2. The van der Waals surface area contributed by atoms with Crippen LogP contribution in [0.4, 0.5) is 4.39 Å². The molecule has 1 aliphatic heterocycles. The van der Waals surface area contributed by atoms with Crippen molar-refractivity contribution in [2.75, 3.05) is 26.9 Å². The molecule has 10 heteroatoms. The Kier molecular flexibility index (Phi) is 7.79. The highest BCUT2D eigenvalue weighted by molar-refractivity contribution is 7.90. The van der Waals surface area contributed by atoms with Gasteiger partial charge in [-0.25, -0.2) is 17.8 Å². The van der Waals surface area contributed by atoms with E-state index in [0.717, 1.165) is 12.8 Å². The van der Waals surface area contributed by atoms with Crippen molar-refractivity contribution in [1.29, 1.82) is 0 Å². The van der Waals surface area contributed by atoms with Gasteiger partial charge in [-0.2, -0.15) is 0 Å². The van der Waals surface area contributed by atoms with E-state index in [4.69, 9.17) is 9.47 Å². The van der Waals surface area contributed by atoms with Crippen molar-refractivity contribution in [3.8, 4) is 0 Å². The summed E-state index contributed by atoms with van der Waals surface area (Å²) in [6.07, 6.45) is 3.04. The van der Waals surface area contributed by atoms with E-state index < -0.39 is 21.4 Å². The van der Waals surface area contributed by atoms with Crippen molar-refractivity contribution in [2.45, 2.75) is 49.9 Å². The van der Waals surface area contributed by atoms with Crippen molar-refractivity contribution in [3.63, 3.8) is 0 Å². The molecule has 0 N–H and O–H groups in total. The molecule has 0 spiro atoms. The van der Waals surface area contributed by atoms with Crippen LogP contribution in [0, 0.1) is 5.82 Å². The van der Waals surface area contributed by atoms with Gasteiger partial charge in [-0.3, -0.25) is 4.79 Å². The van der Waals surface area contributed by atoms with E-state index in [1.807, 2.05) is 0 Å². The smallest absolute Gasteiger partial charge is 0.228 e. The second kappa shape index (κ2) is 10.3. The van der Waals surface area contributed by atoms with E-state index in [1.165, 1.54) is 31.3 Å². The van der Waals surface area contributed by atoms with E-state index in [1.54, 1.807) is 22.6 Å². The minimum absolute atomic E-state index is 0.0844. The first-order valence-electron chi connectivity index (χ1n) is 10.2. The third-order valence-corrected chi connectivity index (χ3v) is 6.83. The number of ether oxygens (including phenoxy) is 2. The lowest BCUT2D eigenvalue weighted by Crippen LogP contribution is -2.33. The summed E-state index contributed by atoms with van der Waals surface area (Å²) in [5.74, 6) is -1.23. The molecule has 0 radical (unpaired) electrons. The van der Waals surface area contributed by atoms with E-state index >= 15 is 0 Å². The lowest BCUT2D eigenvalue weighted by Gasteiger charge is -2.23. The van der Waals surface area contributed by atoms with Gasteiger partial charge in [0.15, 0.2) is 0 Å². The number of benzene rings is 1. The fraction of sp³-hybridized carbons (Fsp3) is 0.524. The molecule has 1 saturated heterocycles. The molecule has 0 aliphatic carbocycles. The second-order valence-corrected chi connectivity index (χ2v) is 9.44. The standard InChI is InChI=1S/C21H28FN3O5S/c1-16(26)24(9-11-29-2)13-18-12-23-21(25(18)14-19-7-5-10-30-19)31(27,28)15-17-6-3-4-8-20(17)22/h3-4,6,8,12,19H,5,7,9-11,13-15H2,1-2H3/t19-/m0/s1. The Balaban J connectivity index is 1.93. The number of imidazole rings is 1. The van der Waals surface area contributed by atoms with Crippen LogP contribution in [0.2, 0.25) is 0 Å². The quantitative estimate of drug-likeness (QED) is 0.548. The SMILES string of the molecule is COCCN(Cc1cnc(S(=O)(=O)Cc2ccccc2F)n1C[C@@H]1CCCO1)C(C)=O. The number of rotatable bonds is 10. The summed E-state index contributed by atoms with van der Waals surface area (Å²) in [6.45, 7) is 3.29. The molecule has 1 aromatic heterocycles. The fourth-order valence-corrected chi connectivity index (χ4v) is 5.10. The molecule has 0 saturated carbocycles. The second-order valence-electron chi connectivity index (χ2n) is 7.56. The molecular formula is C21H28FN3O5S. The van der Waals surface area contributed by atoms with Crippen molar-refractivity contribution in [1.82, 2.24) is 14.5 Å². The first kappa shape index (κ1) is 23.4. The average Bonchev–Trinajstić information content (AvgIpc) is 3.37. The molecule has 2 heterocycles. The normalized spacial score (nSPS) is 16.5. The van der Waals surface area contributed by atoms with Gasteiger partial charge in [0.1, 0.15) is 5.82 Å². The number of amides is 1. The summed E-state index contributed by atoms with van der Waals surface area (Å²) in [6, 6.07) is 5.79. The number of carbonyl (C=O) groups excluding carboxylic acids is 1. The summed E-state index contributed by atoms with van der Waals surface area (Å²) in [5, 5.41) is -0.142. The zero-order chi connectivity index (χ0) is 22.4. The molecule has 1 aliphatic rings. The number of nitrogens with zero attached hydrogens (tertiary/aromatic N) is 3. The highest BCUT2D eigenvalue weighted by atomic mass is 32.2. The van der Waals surface area contributed by atoms with Crippen LogP contribution in [0.5, 0.6) is 0 Å². The minimum atomic E-state index is -3.93. The number of aromatic nitrogens is 2. The van der Waals surface area contributed by atoms with Crippen LogP contribution in [0.15, 0.2) is 35.6 Å². The third kappa shape index (κ3) is 5.90. The van der Waals surface area contributed by atoms with Gasteiger partial charge in [-0.05, 0) is 18.9 Å². The molecular weight excluding hydrogens is 425 g/mol. The number of halogens is 1. The summed E-state index contributed by atoms with van der Waals surface area (Å²) in [5.41, 5.74) is 0.662. The Morgan fingerprint density at radius 3 is 2.81 bits per heavy atom. The Labute approximate surface area is 181 Å². The zero-order valence-corrected chi connectivity index (χ0v) is 18.6. The van der Waals surface area contributed by atoms with E-state index in [9.17, 15) is 17.6 Å². The van der Waals surface area contributed by atoms with Gasteiger partial charge in [0.25, 0.3) is 0 Å². The van der Waals surface area contributed by atoms with E-state index in [-0.39, 0.29) is 29.3 Å². The monoisotopic (exact) mass is 453 g/mol. The number of sulfone groups is 1. The Morgan fingerprint density at radius 2 is 2.16 bits per heavy atom. The van der Waals surface area contributed by atoms with Gasteiger partial charge in [0.05, 0.1) is 43.4 Å². The maximum absolute atomic E-state index is 14.1. The Hall–Kier alpha value is -2.30. The van der Waals surface area contributed by atoms with Gasteiger partial charge in [0.2, 0.25) is 20.9 Å². The molecule has 0 bridgehead atoms. The summed E-state index contributed by atoms with van der Waals surface area (Å²) in [4.78, 5) is 17.8. The average molecular weight is 454 g/mol. The van der Waals surface area contributed by atoms with Crippen molar-refractivity contribution < 1.29 is 27.1 Å².